The summed E-state index contributed by atoms with van der Waals surface area (Å²) in [5.74, 6) is 0.882. The van der Waals surface area contributed by atoms with Gasteiger partial charge in [-0.15, -0.1) is 0 Å². The smallest absolute Gasteiger partial charge is 0.482 e. The molecule has 0 aliphatic carbocycles. The number of ether oxygens (including phenoxy) is 1. The van der Waals surface area contributed by atoms with E-state index in [0.29, 0.717) is 6.61 Å². The first-order valence-corrected chi connectivity index (χ1v) is 5.66. The molecular formula is C13H13BClO3. The highest BCUT2D eigenvalue weighted by molar-refractivity contribution is 6.30. The van der Waals surface area contributed by atoms with Crippen LogP contribution in [0.2, 0.25) is 5.02 Å². The molecule has 3 nitrogen and oxygen atoms in total. The van der Waals surface area contributed by atoms with Crippen molar-refractivity contribution in [3.8, 4) is 5.75 Å². The second kappa shape index (κ2) is 8.58. The first-order valence-electron chi connectivity index (χ1n) is 5.28. The number of hydrogen-bond donors (Lipinski definition) is 2. The Hall–Kier alpha value is -1.49. The zero-order valence-corrected chi connectivity index (χ0v) is 10.4. The predicted molar refractivity (Wildman–Crippen MR) is 72.4 cm³/mol. The second-order valence-corrected chi connectivity index (χ2v) is 3.78. The van der Waals surface area contributed by atoms with Gasteiger partial charge in [-0.1, -0.05) is 41.9 Å². The van der Waals surface area contributed by atoms with Crippen LogP contribution in [0.3, 0.4) is 0 Å². The molecule has 0 bridgehead atoms. The number of hydrogen-bond acceptors (Lipinski definition) is 3. The summed E-state index contributed by atoms with van der Waals surface area (Å²) < 4.78 is 5.59. The molecule has 18 heavy (non-hydrogen) atoms. The van der Waals surface area contributed by atoms with Gasteiger partial charge in [0, 0.05) is 5.02 Å². The lowest BCUT2D eigenvalue weighted by atomic mass is 10.2. The highest BCUT2D eigenvalue weighted by atomic mass is 35.5. The molecule has 0 saturated heterocycles. The Bertz CT molecular complexity index is 434. The summed E-state index contributed by atoms with van der Waals surface area (Å²) in [5.41, 5.74) is 1.11. The number of rotatable bonds is 3. The van der Waals surface area contributed by atoms with Gasteiger partial charge in [0.2, 0.25) is 0 Å². The summed E-state index contributed by atoms with van der Waals surface area (Å²) >= 11 is 5.79. The lowest BCUT2D eigenvalue weighted by Crippen LogP contribution is -1.94. The third kappa shape index (κ3) is 5.73. The Morgan fingerprint density at radius 3 is 2.06 bits per heavy atom. The summed E-state index contributed by atoms with van der Waals surface area (Å²) in [6.45, 7) is 0.571. The SMILES string of the molecule is Clc1ccc(COc2ccccc2)cc1.O[B]O. The van der Waals surface area contributed by atoms with E-state index in [0.717, 1.165) is 16.3 Å². The highest BCUT2D eigenvalue weighted by Crippen LogP contribution is 2.13. The fraction of sp³-hybridized carbons (Fsp3) is 0.0769. The molecule has 2 rings (SSSR count). The average molecular weight is 264 g/mol. The van der Waals surface area contributed by atoms with Crippen molar-refractivity contribution in [2.75, 3.05) is 0 Å². The number of para-hydroxylation sites is 1. The van der Waals surface area contributed by atoms with Crippen molar-refractivity contribution in [2.45, 2.75) is 6.61 Å². The maximum atomic E-state index is 7.00. The normalized spacial score (nSPS) is 9.06. The van der Waals surface area contributed by atoms with Crippen molar-refractivity contribution >= 4 is 19.3 Å². The summed E-state index contributed by atoms with van der Waals surface area (Å²) in [6, 6.07) is 17.4. The molecule has 2 aromatic carbocycles. The van der Waals surface area contributed by atoms with Gasteiger partial charge in [0.25, 0.3) is 0 Å². The van der Waals surface area contributed by atoms with E-state index in [-0.39, 0.29) is 7.69 Å². The molecule has 0 saturated carbocycles. The largest absolute Gasteiger partial charge is 0.489 e. The van der Waals surface area contributed by atoms with Crippen molar-refractivity contribution in [1.82, 2.24) is 0 Å². The first-order chi connectivity index (χ1) is 8.76. The van der Waals surface area contributed by atoms with Crippen LogP contribution in [0.4, 0.5) is 0 Å². The van der Waals surface area contributed by atoms with Crippen LogP contribution in [0.25, 0.3) is 0 Å². The Balaban J connectivity index is 0.000000492. The minimum absolute atomic E-state index is 0. The maximum absolute atomic E-state index is 7.00. The minimum atomic E-state index is 0. The lowest BCUT2D eigenvalue weighted by molar-refractivity contribution is 0.306. The molecule has 93 valence electrons. The topological polar surface area (TPSA) is 49.7 Å². The Morgan fingerprint density at radius 1 is 0.944 bits per heavy atom. The summed E-state index contributed by atoms with van der Waals surface area (Å²) in [7, 11) is 0. The lowest BCUT2D eigenvalue weighted by Gasteiger charge is -2.05. The molecule has 5 heteroatoms. The fourth-order valence-electron chi connectivity index (χ4n) is 1.26. The van der Waals surface area contributed by atoms with Gasteiger partial charge < -0.3 is 14.8 Å². The van der Waals surface area contributed by atoms with E-state index in [9.17, 15) is 0 Å². The molecule has 1 radical (unpaired) electrons. The third-order valence-corrected chi connectivity index (χ3v) is 2.31. The summed E-state index contributed by atoms with van der Waals surface area (Å²) in [4.78, 5) is 0. The van der Waals surface area contributed by atoms with Gasteiger partial charge in [-0.25, -0.2) is 0 Å². The van der Waals surface area contributed by atoms with Gasteiger partial charge in [-0.3, -0.25) is 0 Å². The van der Waals surface area contributed by atoms with E-state index in [2.05, 4.69) is 0 Å². The molecule has 2 N–H and O–H groups in total. The van der Waals surface area contributed by atoms with Gasteiger partial charge in [0.1, 0.15) is 12.4 Å². The van der Waals surface area contributed by atoms with Crippen molar-refractivity contribution in [2.24, 2.45) is 0 Å². The molecule has 0 aromatic heterocycles. The monoisotopic (exact) mass is 263 g/mol. The van der Waals surface area contributed by atoms with Gasteiger partial charge in [-0.2, -0.15) is 0 Å². The molecule has 0 unspecified atom stereocenters. The van der Waals surface area contributed by atoms with Crippen LogP contribution in [0.1, 0.15) is 5.56 Å². The van der Waals surface area contributed by atoms with Crippen LogP contribution in [-0.2, 0) is 6.61 Å². The Labute approximate surface area is 112 Å². The van der Waals surface area contributed by atoms with E-state index in [1.807, 2.05) is 54.6 Å². The standard InChI is InChI=1S/C13H11ClO.BH2O2/c14-12-8-6-11(7-9-12)10-15-13-4-2-1-3-5-13;2-1-3/h1-9H,10H2;2-3H. The van der Waals surface area contributed by atoms with Gasteiger partial charge in [0.15, 0.2) is 0 Å². The summed E-state index contributed by atoms with van der Waals surface area (Å²) in [6.07, 6.45) is 0. The van der Waals surface area contributed by atoms with Crippen LogP contribution in [0.15, 0.2) is 54.6 Å². The number of benzene rings is 2. The molecule has 0 aliphatic heterocycles. The Kier molecular flexibility index (Phi) is 6.95. The summed E-state index contributed by atoms with van der Waals surface area (Å²) in [5, 5.41) is 14.7. The molecule has 0 atom stereocenters. The van der Waals surface area contributed by atoms with Crippen molar-refractivity contribution < 1.29 is 14.8 Å². The van der Waals surface area contributed by atoms with E-state index in [1.54, 1.807) is 0 Å². The molecule has 0 spiro atoms. The van der Waals surface area contributed by atoms with E-state index in [4.69, 9.17) is 26.4 Å². The highest BCUT2D eigenvalue weighted by Gasteiger charge is 1.94. The molecular weight excluding hydrogens is 250 g/mol. The van der Waals surface area contributed by atoms with Crippen molar-refractivity contribution in [1.29, 1.82) is 0 Å². The van der Waals surface area contributed by atoms with Crippen LogP contribution in [0.5, 0.6) is 5.75 Å². The van der Waals surface area contributed by atoms with Crippen LogP contribution < -0.4 is 4.74 Å². The van der Waals surface area contributed by atoms with Crippen molar-refractivity contribution in [3.05, 3.63) is 65.2 Å². The third-order valence-electron chi connectivity index (χ3n) is 2.06. The van der Waals surface area contributed by atoms with Gasteiger partial charge in [0.05, 0.1) is 0 Å². The maximum Gasteiger partial charge on any atom is 0.482 e. The molecule has 0 amide bonds. The van der Waals surface area contributed by atoms with Crippen molar-refractivity contribution in [3.63, 3.8) is 0 Å². The van der Waals surface area contributed by atoms with E-state index in [1.165, 1.54) is 0 Å². The van der Waals surface area contributed by atoms with Crippen LogP contribution in [-0.4, -0.2) is 17.7 Å². The van der Waals surface area contributed by atoms with Gasteiger partial charge >= 0.3 is 7.69 Å². The molecule has 2 aromatic rings. The molecule has 0 fully saturated rings. The van der Waals surface area contributed by atoms with E-state index < -0.39 is 0 Å². The average Bonchev–Trinajstić information content (AvgIpc) is 2.40. The molecule has 0 aliphatic rings. The zero-order valence-electron chi connectivity index (χ0n) is 9.66. The second-order valence-electron chi connectivity index (χ2n) is 3.34. The number of halogens is 1. The molecule has 0 heterocycles. The van der Waals surface area contributed by atoms with Gasteiger partial charge in [-0.05, 0) is 29.8 Å². The first kappa shape index (κ1) is 14.6. The zero-order chi connectivity index (χ0) is 13.2. The van der Waals surface area contributed by atoms with E-state index >= 15 is 0 Å². The van der Waals surface area contributed by atoms with Crippen LogP contribution in [0, 0.1) is 0 Å². The van der Waals surface area contributed by atoms with Crippen LogP contribution >= 0.6 is 11.6 Å². The minimum Gasteiger partial charge on any atom is -0.489 e. The Morgan fingerprint density at radius 2 is 1.50 bits per heavy atom. The fourth-order valence-corrected chi connectivity index (χ4v) is 1.39. The quantitative estimate of drug-likeness (QED) is 0.836. The predicted octanol–water partition coefficient (Wildman–Crippen LogP) is 2.42.